The molecule has 3 rings (SSSR count). The lowest BCUT2D eigenvalue weighted by Gasteiger charge is -2.30. The molecule has 0 aliphatic heterocycles. The van der Waals surface area contributed by atoms with Crippen molar-refractivity contribution >= 4 is 27.6 Å². The number of benzene rings is 2. The standard InChI is InChI=1S/C22H26N2O5S/c1-24(17-10-4-3-5-11-17)30(27,28)18-12-8-9-16(15-18)21(25)23-20-14-7-6-13-19(20)22(26)29-2/h6-9,12-15,17H,3-5,10-11H2,1-2H3,(H,23,25). The molecule has 1 fully saturated rings. The minimum absolute atomic E-state index is 0.0202. The van der Waals surface area contributed by atoms with Crippen molar-refractivity contribution < 1.29 is 22.7 Å². The van der Waals surface area contributed by atoms with Crippen LogP contribution in [0.1, 0.15) is 52.8 Å². The quantitative estimate of drug-likeness (QED) is 0.706. The van der Waals surface area contributed by atoms with Gasteiger partial charge in [-0.05, 0) is 43.2 Å². The summed E-state index contributed by atoms with van der Waals surface area (Å²) in [7, 11) is -0.850. The molecule has 0 atom stereocenters. The van der Waals surface area contributed by atoms with Gasteiger partial charge in [-0.25, -0.2) is 13.2 Å². The smallest absolute Gasteiger partial charge is 0.339 e. The summed E-state index contributed by atoms with van der Waals surface area (Å²) in [5.74, 6) is -1.08. The highest BCUT2D eigenvalue weighted by Gasteiger charge is 2.29. The van der Waals surface area contributed by atoms with Crippen LogP contribution in [0.2, 0.25) is 0 Å². The second-order valence-electron chi connectivity index (χ2n) is 7.33. The van der Waals surface area contributed by atoms with Gasteiger partial charge in [0, 0.05) is 18.7 Å². The molecule has 0 radical (unpaired) electrons. The molecule has 1 amide bonds. The lowest BCUT2D eigenvalue weighted by Crippen LogP contribution is -2.38. The van der Waals surface area contributed by atoms with Crippen molar-refractivity contribution in [2.45, 2.75) is 43.0 Å². The van der Waals surface area contributed by atoms with Crippen LogP contribution in [0.3, 0.4) is 0 Å². The maximum Gasteiger partial charge on any atom is 0.339 e. The molecule has 0 saturated heterocycles. The Balaban J connectivity index is 1.83. The van der Waals surface area contributed by atoms with E-state index in [0.717, 1.165) is 32.1 Å². The van der Waals surface area contributed by atoms with E-state index in [-0.39, 0.29) is 22.1 Å². The summed E-state index contributed by atoms with van der Waals surface area (Å²) >= 11 is 0. The number of esters is 1. The normalized spacial score (nSPS) is 15.0. The summed E-state index contributed by atoms with van der Waals surface area (Å²) < 4.78 is 32.3. The number of carbonyl (C=O) groups excluding carboxylic acids is 2. The van der Waals surface area contributed by atoms with Crippen LogP contribution in [-0.4, -0.2) is 44.8 Å². The SMILES string of the molecule is COC(=O)c1ccccc1NC(=O)c1cccc(S(=O)(=O)N(C)C2CCCCC2)c1. The highest BCUT2D eigenvalue weighted by molar-refractivity contribution is 7.89. The zero-order valence-electron chi connectivity index (χ0n) is 17.1. The number of nitrogens with one attached hydrogen (secondary N) is 1. The third-order valence-corrected chi connectivity index (χ3v) is 7.35. The fraction of sp³-hybridized carbons (Fsp3) is 0.364. The molecule has 160 valence electrons. The van der Waals surface area contributed by atoms with Gasteiger partial charge >= 0.3 is 5.97 Å². The van der Waals surface area contributed by atoms with Gasteiger partial charge in [-0.3, -0.25) is 4.79 Å². The number of ether oxygens (including phenoxy) is 1. The number of sulfonamides is 1. The molecule has 2 aromatic carbocycles. The summed E-state index contributed by atoms with van der Waals surface area (Å²) in [6.07, 6.45) is 4.87. The molecule has 1 N–H and O–H groups in total. The van der Waals surface area contributed by atoms with Gasteiger partial charge in [-0.2, -0.15) is 4.31 Å². The molecule has 2 aromatic rings. The number of carbonyl (C=O) groups is 2. The molecule has 0 bridgehead atoms. The number of nitrogens with zero attached hydrogens (tertiary/aromatic N) is 1. The zero-order chi connectivity index (χ0) is 21.7. The predicted octanol–water partition coefficient (Wildman–Crippen LogP) is 3.68. The predicted molar refractivity (Wildman–Crippen MR) is 114 cm³/mol. The van der Waals surface area contributed by atoms with Crippen LogP contribution in [-0.2, 0) is 14.8 Å². The van der Waals surface area contributed by atoms with Gasteiger partial charge in [0.15, 0.2) is 0 Å². The van der Waals surface area contributed by atoms with Crippen LogP contribution in [0, 0.1) is 0 Å². The van der Waals surface area contributed by atoms with Gasteiger partial charge in [0.1, 0.15) is 0 Å². The third-order valence-electron chi connectivity index (χ3n) is 5.44. The molecule has 8 heteroatoms. The molecule has 1 saturated carbocycles. The first-order valence-electron chi connectivity index (χ1n) is 9.91. The van der Waals surface area contributed by atoms with Crippen molar-refractivity contribution in [1.82, 2.24) is 4.31 Å². The average molecular weight is 431 g/mol. The Morgan fingerprint density at radius 3 is 2.43 bits per heavy atom. The van der Waals surface area contributed by atoms with Crippen LogP contribution in [0.4, 0.5) is 5.69 Å². The molecule has 1 aliphatic rings. The van der Waals surface area contributed by atoms with Gasteiger partial charge in [-0.15, -0.1) is 0 Å². The molecule has 1 aliphatic carbocycles. The van der Waals surface area contributed by atoms with Crippen LogP contribution in [0.15, 0.2) is 53.4 Å². The molecular formula is C22H26N2O5S. The van der Waals surface area contributed by atoms with Crippen molar-refractivity contribution in [2.24, 2.45) is 0 Å². The van der Waals surface area contributed by atoms with Gasteiger partial charge in [-0.1, -0.05) is 37.5 Å². The third kappa shape index (κ3) is 4.71. The highest BCUT2D eigenvalue weighted by Crippen LogP contribution is 2.27. The summed E-state index contributed by atoms with van der Waals surface area (Å²) in [6.45, 7) is 0. The number of hydrogen-bond acceptors (Lipinski definition) is 5. The summed E-state index contributed by atoms with van der Waals surface area (Å²) in [5, 5.41) is 2.67. The second kappa shape index (κ2) is 9.40. The van der Waals surface area contributed by atoms with E-state index in [1.807, 2.05) is 0 Å². The first-order chi connectivity index (χ1) is 14.3. The van der Waals surface area contributed by atoms with Crippen molar-refractivity contribution in [3.63, 3.8) is 0 Å². The maximum atomic E-state index is 13.1. The van der Waals surface area contributed by atoms with Crippen molar-refractivity contribution in [2.75, 3.05) is 19.5 Å². The Labute approximate surface area is 177 Å². The molecular weight excluding hydrogens is 404 g/mol. The lowest BCUT2D eigenvalue weighted by molar-refractivity contribution is 0.0602. The topological polar surface area (TPSA) is 92.8 Å². The number of para-hydroxylation sites is 1. The van der Waals surface area contributed by atoms with E-state index in [1.54, 1.807) is 37.4 Å². The van der Waals surface area contributed by atoms with E-state index >= 15 is 0 Å². The van der Waals surface area contributed by atoms with E-state index in [2.05, 4.69) is 5.32 Å². The average Bonchev–Trinajstić information content (AvgIpc) is 2.79. The minimum Gasteiger partial charge on any atom is -0.465 e. The maximum absolute atomic E-state index is 13.1. The van der Waals surface area contributed by atoms with E-state index in [4.69, 9.17) is 4.74 Å². The first kappa shape index (κ1) is 22.0. The number of rotatable bonds is 6. The van der Waals surface area contributed by atoms with E-state index in [1.165, 1.54) is 29.6 Å². The summed E-state index contributed by atoms with van der Waals surface area (Å²) in [4.78, 5) is 24.7. The molecule has 0 spiro atoms. The Morgan fingerprint density at radius 1 is 1.03 bits per heavy atom. The van der Waals surface area contributed by atoms with Crippen LogP contribution >= 0.6 is 0 Å². The minimum atomic E-state index is -3.71. The van der Waals surface area contributed by atoms with Crippen LogP contribution < -0.4 is 5.32 Å². The van der Waals surface area contributed by atoms with Crippen molar-refractivity contribution in [1.29, 1.82) is 0 Å². The Hall–Kier alpha value is -2.71. The molecule has 0 heterocycles. The van der Waals surface area contributed by atoms with E-state index in [0.29, 0.717) is 5.69 Å². The van der Waals surface area contributed by atoms with Gasteiger partial charge in [0.05, 0.1) is 23.3 Å². The number of methoxy groups -OCH3 is 1. The van der Waals surface area contributed by atoms with Gasteiger partial charge in [0.25, 0.3) is 5.91 Å². The summed E-state index contributed by atoms with van der Waals surface area (Å²) in [6, 6.07) is 12.4. The molecule has 0 unspecified atom stereocenters. The zero-order valence-corrected chi connectivity index (χ0v) is 17.9. The van der Waals surface area contributed by atoms with Crippen LogP contribution in [0.25, 0.3) is 0 Å². The molecule has 7 nitrogen and oxygen atoms in total. The van der Waals surface area contributed by atoms with Gasteiger partial charge < -0.3 is 10.1 Å². The fourth-order valence-electron chi connectivity index (χ4n) is 3.68. The molecule has 0 aromatic heterocycles. The lowest BCUT2D eigenvalue weighted by atomic mass is 9.96. The highest BCUT2D eigenvalue weighted by atomic mass is 32.2. The van der Waals surface area contributed by atoms with Gasteiger partial charge in [0.2, 0.25) is 10.0 Å². The first-order valence-corrected chi connectivity index (χ1v) is 11.4. The van der Waals surface area contributed by atoms with E-state index in [9.17, 15) is 18.0 Å². The summed E-state index contributed by atoms with van der Waals surface area (Å²) in [5.41, 5.74) is 0.698. The monoisotopic (exact) mass is 430 g/mol. The van der Waals surface area contributed by atoms with Crippen molar-refractivity contribution in [3.05, 3.63) is 59.7 Å². The Kier molecular flexibility index (Phi) is 6.89. The second-order valence-corrected chi connectivity index (χ2v) is 9.33. The number of anilines is 1. The Morgan fingerprint density at radius 2 is 1.73 bits per heavy atom. The number of hydrogen-bond donors (Lipinski definition) is 1. The van der Waals surface area contributed by atoms with Crippen LogP contribution in [0.5, 0.6) is 0 Å². The fourth-order valence-corrected chi connectivity index (χ4v) is 5.14. The number of amides is 1. The Bertz CT molecular complexity index is 1030. The van der Waals surface area contributed by atoms with Crippen molar-refractivity contribution in [3.8, 4) is 0 Å². The largest absolute Gasteiger partial charge is 0.465 e. The van der Waals surface area contributed by atoms with E-state index < -0.39 is 21.9 Å². The molecule has 30 heavy (non-hydrogen) atoms.